The summed E-state index contributed by atoms with van der Waals surface area (Å²) in [7, 11) is 0. The van der Waals surface area contributed by atoms with E-state index in [0.29, 0.717) is 6.42 Å². The third kappa shape index (κ3) is 5.22. The zero-order valence-electron chi connectivity index (χ0n) is 21.4. The van der Waals surface area contributed by atoms with Crippen molar-refractivity contribution in [1.29, 1.82) is 0 Å². The molecule has 6 heteroatoms. The molecule has 6 nitrogen and oxygen atoms in total. The first kappa shape index (κ1) is 27.2. The molecule has 0 amide bonds. The third-order valence-corrected chi connectivity index (χ3v) is 6.99. The Hall–Kier alpha value is -2.05. The van der Waals surface area contributed by atoms with Crippen LogP contribution in [0, 0.1) is 11.3 Å². The number of rotatable bonds is 9. The van der Waals surface area contributed by atoms with Gasteiger partial charge in [0, 0.05) is 12.3 Å². The van der Waals surface area contributed by atoms with E-state index in [1.54, 1.807) is 20.8 Å². The predicted octanol–water partition coefficient (Wildman–Crippen LogP) is 4.39. The van der Waals surface area contributed by atoms with Crippen LogP contribution in [-0.2, 0) is 19.1 Å². The van der Waals surface area contributed by atoms with Crippen molar-refractivity contribution in [3.63, 3.8) is 0 Å². The minimum absolute atomic E-state index is 0.0230. The number of fused-ring (bicyclic) bond motifs is 1. The Bertz CT molecular complexity index is 907. The second-order valence-corrected chi connectivity index (χ2v) is 10.7. The molecule has 0 aromatic rings. The van der Waals surface area contributed by atoms with Crippen LogP contribution < -0.4 is 0 Å². The summed E-state index contributed by atoms with van der Waals surface area (Å²) in [5, 5.41) is 21.7. The molecule has 0 aromatic heterocycles. The number of ether oxygens (including phenoxy) is 1. The number of hydrogen-bond donors (Lipinski definition) is 2. The fourth-order valence-electron chi connectivity index (χ4n) is 4.47. The maximum absolute atomic E-state index is 13.6. The monoisotopic (exact) mass is 460 g/mol. The fraction of sp³-hybridized carbons (Fsp3) is 0.667. The summed E-state index contributed by atoms with van der Waals surface area (Å²) in [5.74, 6) is -2.46. The van der Waals surface area contributed by atoms with Crippen LogP contribution in [0.4, 0.5) is 0 Å². The lowest BCUT2D eigenvalue weighted by Gasteiger charge is -2.38. The van der Waals surface area contributed by atoms with Crippen molar-refractivity contribution in [3.8, 4) is 0 Å². The minimum Gasteiger partial charge on any atom is -0.490 e. The van der Waals surface area contributed by atoms with Gasteiger partial charge in [-0.15, -0.1) is 0 Å². The third-order valence-electron chi connectivity index (χ3n) is 6.99. The van der Waals surface area contributed by atoms with Gasteiger partial charge < -0.3 is 14.9 Å². The van der Waals surface area contributed by atoms with E-state index in [1.807, 2.05) is 33.8 Å². The molecule has 0 unspecified atom stereocenters. The van der Waals surface area contributed by atoms with E-state index < -0.39 is 46.0 Å². The van der Waals surface area contributed by atoms with Gasteiger partial charge in [-0.2, -0.15) is 0 Å². The zero-order chi connectivity index (χ0) is 25.4. The first-order chi connectivity index (χ1) is 15.1. The highest BCUT2D eigenvalue weighted by Gasteiger charge is 2.65. The standard InChI is InChI=1S/C27H40O6/c1-9-18(5)21(28)20-22(29)26(8,32)24(30)27(14-13-17(4)12-10-11-16(2)3)15-19(25(6,7)31)33-23(20)27/h11,13,18-19,31-32H,9-10,12,14-15H2,1-8H3/b17-13+/t18-,19+,26-,27+/m1/s1. The van der Waals surface area contributed by atoms with Crippen molar-refractivity contribution in [2.24, 2.45) is 11.3 Å². The molecule has 1 saturated heterocycles. The number of ketones is 3. The summed E-state index contributed by atoms with van der Waals surface area (Å²) in [6, 6.07) is 0. The number of Topliss-reactive ketones (excluding diaryl/α,β-unsaturated/α-hetero) is 3. The molecule has 1 fully saturated rings. The van der Waals surface area contributed by atoms with Crippen molar-refractivity contribution < 1.29 is 29.3 Å². The predicted molar refractivity (Wildman–Crippen MR) is 127 cm³/mol. The van der Waals surface area contributed by atoms with Gasteiger partial charge in [0.15, 0.2) is 17.2 Å². The van der Waals surface area contributed by atoms with Crippen LogP contribution in [0.3, 0.4) is 0 Å². The first-order valence-electron chi connectivity index (χ1n) is 11.9. The number of hydrogen-bond acceptors (Lipinski definition) is 6. The molecule has 0 bridgehead atoms. The van der Waals surface area contributed by atoms with Crippen molar-refractivity contribution in [1.82, 2.24) is 0 Å². The normalized spacial score (nSPS) is 29.0. The van der Waals surface area contributed by atoms with Crippen LogP contribution in [0.15, 0.2) is 34.6 Å². The highest BCUT2D eigenvalue weighted by molar-refractivity contribution is 6.33. The van der Waals surface area contributed by atoms with E-state index in [0.717, 1.165) is 18.4 Å². The fourth-order valence-corrected chi connectivity index (χ4v) is 4.47. The van der Waals surface area contributed by atoms with E-state index in [9.17, 15) is 24.6 Å². The molecule has 4 atom stereocenters. The van der Waals surface area contributed by atoms with E-state index in [4.69, 9.17) is 4.74 Å². The highest BCUT2D eigenvalue weighted by atomic mass is 16.5. The van der Waals surface area contributed by atoms with E-state index in [2.05, 4.69) is 6.08 Å². The lowest BCUT2D eigenvalue weighted by Crippen LogP contribution is -2.57. The second-order valence-electron chi connectivity index (χ2n) is 10.7. The molecule has 0 radical (unpaired) electrons. The average molecular weight is 461 g/mol. The Balaban J connectivity index is 2.66. The van der Waals surface area contributed by atoms with E-state index >= 15 is 0 Å². The van der Waals surface area contributed by atoms with Gasteiger partial charge in [0.1, 0.15) is 17.4 Å². The number of carbonyl (C=O) groups excluding carboxylic acids is 3. The van der Waals surface area contributed by atoms with Gasteiger partial charge in [0.05, 0.1) is 11.0 Å². The van der Waals surface area contributed by atoms with Gasteiger partial charge in [-0.1, -0.05) is 37.1 Å². The molecule has 2 rings (SSSR count). The van der Waals surface area contributed by atoms with Crippen LogP contribution in [0.25, 0.3) is 0 Å². The van der Waals surface area contributed by atoms with Gasteiger partial charge in [-0.3, -0.25) is 14.4 Å². The molecular formula is C27H40O6. The van der Waals surface area contributed by atoms with Gasteiger partial charge in [0.2, 0.25) is 5.78 Å². The SMILES string of the molecule is CC[C@@H](C)C(=O)C1=C2O[C@H](C(C)(C)O)C[C@]2(C/C=C(\C)CCC=C(C)C)C(=O)[C@](C)(O)C1=O. The van der Waals surface area contributed by atoms with Crippen molar-refractivity contribution in [2.75, 3.05) is 0 Å². The van der Waals surface area contributed by atoms with Crippen molar-refractivity contribution in [2.45, 2.75) is 105 Å². The van der Waals surface area contributed by atoms with Crippen LogP contribution in [0.1, 0.15) is 87.5 Å². The molecular weight excluding hydrogens is 420 g/mol. The average Bonchev–Trinajstić information content (AvgIpc) is 3.11. The van der Waals surface area contributed by atoms with Crippen LogP contribution in [-0.4, -0.2) is 44.9 Å². The molecule has 33 heavy (non-hydrogen) atoms. The van der Waals surface area contributed by atoms with Gasteiger partial charge in [0.25, 0.3) is 0 Å². The minimum atomic E-state index is -2.33. The number of allylic oxidation sites excluding steroid dienone is 5. The molecule has 0 aromatic carbocycles. The highest BCUT2D eigenvalue weighted by Crippen LogP contribution is 2.54. The molecule has 2 N–H and O–H groups in total. The largest absolute Gasteiger partial charge is 0.490 e. The maximum Gasteiger partial charge on any atom is 0.208 e. The quantitative estimate of drug-likeness (QED) is 0.301. The molecule has 0 saturated carbocycles. The summed E-state index contributed by atoms with van der Waals surface area (Å²) in [6.07, 6.45) is 5.73. The molecule has 184 valence electrons. The molecule has 0 spiro atoms. The lowest BCUT2D eigenvalue weighted by atomic mass is 9.62. The Kier molecular flexibility index (Phi) is 7.97. The molecule has 1 heterocycles. The van der Waals surface area contributed by atoms with Crippen LogP contribution >= 0.6 is 0 Å². The summed E-state index contributed by atoms with van der Waals surface area (Å²) in [4.78, 5) is 40.1. The summed E-state index contributed by atoms with van der Waals surface area (Å²) in [6.45, 7) is 13.9. The van der Waals surface area contributed by atoms with E-state index in [-0.39, 0.29) is 24.2 Å². The molecule has 1 aliphatic carbocycles. The first-order valence-corrected chi connectivity index (χ1v) is 11.9. The topological polar surface area (TPSA) is 101 Å². The summed E-state index contributed by atoms with van der Waals surface area (Å²) >= 11 is 0. The van der Waals surface area contributed by atoms with Crippen molar-refractivity contribution >= 4 is 17.3 Å². The maximum atomic E-state index is 13.6. The van der Waals surface area contributed by atoms with Crippen molar-refractivity contribution in [3.05, 3.63) is 34.6 Å². The molecule has 2 aliphatic rings. The Morgan fingerprint density at radius 3 is 2.36 bits per heavy atom. The second kappa shape index (κ2) is 9.67. The Morgan fingerprint density at radius 1 is 1.24 bits per heavy atom. The number of carbonyl (C=O) groups is 3. The van der Waals surface area contributed by atoms with Gasteiger partial charge in [-0.05, 0) is 67.2 Å². The Morgan fingerprint density at radius 2 is 1.85 bits per heavy atom. The van der Waals surface area contributed by atoms with Crippen LogP contribution in [0.2, 0.25) is 0 Å². The molecule has 1 aliphatic heterocycles. The lowest BCUT2D eigenvalue weighted by molar-refractivity contribution is -0.155. The van der Waals surface area contributed by atoms with Gasteiger partial charge >= 0.3 is 0 Å². The smallest absolute Gasteiger partial charge is 0.208 e. The summed E-state index contributed by atoms with van der Waals surface area (Å²) in [5.41, 5.74) is -2.95. The van der Waals surface area contributed by atoms with Crippen LogP contribution in [0.5, 0.6) is 0 Å². The summed E-state index contributed by atoms with van der Waals surface area (Å²) < 4.78 is 6.06. The zero-order valence-corrected chi connectivity index (χ0v) is 21.4. The van der Waals surface area contributed by atoms with E-state index in [1.165, 1.54) is 12.5 Å². The van der Waals surface area contributed by atoms with Gasteiger partial charge in [-0.25, -0.2) is 0 Å². The Labute approximate surface area is 197 Å². The number of aliphatic hydroxyl groups is 2.